The normalized spacial score (nSPS) is 10.9. The van der Waals surface area contributed by atoms with Gasteiger partial charge in [-0.25, -0.2) is 0 Å². The van der Waals surface area contributed by atoms with E-state index < -0.39 is 0 Å². The van der Waals surface area contributed by atoms with Gasteiger partial charge >= 0.3 is 0 Å². The average Bonchev–Trinajstić information content (AvgIpc) is 2.58. The highest BCUT2D eigenvalue weighted by Gasteiger charge is 2.08. The van der Waals surface area contributed by atoms with Crippen LogP contribution in [0.25, 0.3) is 0 Å². The predicted octanol–water partition coefficient (Wildman–Crippen LogP) is 3.37. The minimum absolute atomic E-state index is 0. The van der Waals surface area contributed by atoms with Crippen LogP contribution in [0, 0.1) is 5.92 Å². The highest BCUT2D eigenvalue weighted by Crippen LogP contribution is 2.25. The molecule has 0 radical (unpaired) electrons. The molecular weight excluding hydrogens is 431 g/mol. The molecule has 0 fully saturated rings. The summed E-state index contributed by atoms with van der Waals surface area (Å²) in [6.07, 6.45) is 2.30. The molecule has 1 rings (SSSR count). The van der Waals surface area contributed by atoms with Crippen LogP contribution in [0.4, 0.5) is 5.69 Å². The first-order valence-electron chi connectivity index (χ1n) is 8.42. The van der Waals surface area contributed by atoms with E-state index in [0.717, 1.165) is 30.9 Å². The van der Waals surface area contributed by atoms with Crippen molar-refractivity contribution in [1.82, 2.24) is 10.6 Å². The van der Waals surface area contributed by atoms with Crippen LogP contribution < -0.4 is 20.7 Å². The van der Waals surface area contributed by atoms with Gasteiger partial charge in [-0.15, -0.1) is 24.0 Å². The molecular formula is C18H31IN4O2. The minimum atomic E-state index is -0.124. The Morgan fingerprint density at radius 3 is 2.44 bits per heavy atom. The minimum Gasteiger partial charge on any atom is -0.495 e. The first-order valence-corrected chi connectivity index (χ1v) is 8.42. The molecule has 7 heteroatoms. The van der Waals surface area contributed by atoms with Crippen molar-refractivity contribution < 1.29 is 9.53 Å². The van der Waals surface area contributed by atoms with E-state index >= 15 is 0 Å². The van der Waals surface area contributed by atoms with E-state index in [2.05, 4.69) is 34.8 Å². The van der Waals surface area contributed by atoms with Gasteiger partial charge in [0.15, 0.2) is 5.96 Å². The summed E-state index contributed by atoms with van der Waals surface area (Å²) >= 11 is 0. The van der Waals surface area contributed by atoms with Crippen molar-refractivity contribution in [2.75, 3.05) is 26.0 Å². The maximum absolute atomic E-state index is 11.3. The van der Waals surface area contributed by atoms with Crippen LogP contribution in [0.5, 0.6) is 5.75 Å². The summed E-state index contributed by atoms with van der Waals surface area (Å²) in [5, 5.41) is 9.43. The number of carbonyl (C=O) groups is 1. The van der Waals surface area contributed by atoms with Crippen molar-refractivity contribution in [3.63, 3.8) is 0 Å². The second-order valence-electron chi connectivity index (χ2n) is 5.71. The standard InChI is InChI=1S/C18H30N4O2.HI/c1-6-14(7-2)11-20-18(19-4)21-12-15-8-9-17(24-5)16(10-15)22-13(3)23;/h8-10,14H,6-7,11-12H2,1-5H3,(H,22,23)(H2,19,20,21);1H. The quantitative estimate of drug-likeness (QED) is 0.315. The third-order valence-corrected chi connectivity index (χ3v) is 3.97. The number of amides is 1. The van der Waals surface area contributed by atoms with Crippen molar-refractivity contribution in [2.24, 2.45) is 10.9 Å². The number of nitrogens with zero attached hydrogens (tertiary/aromatic N) is 1. The fraction of sp³-hybridized carbons (Fsp3) is 0.556. The van der Waals surface area contributed by atoms with E-state index in [-0.39, 0.29) is 29.9 Å². The molecule has 0 aromatic heterocycles. The van der Waals surface area contributed by atoms with Gasteiger partial charge in [0, 0.05) is 27.1 Å². The number of ether oxygens (including phenoxy) is 1. The molecule has 3 N–H and O–H groups in total. The molecule has 0 spiro atoms. The first-order chi connectivity index (χ1) is 11.5. The zero-order chi connectivity index (χ0) is 17.9. The van der Waals surface area contributed by atoms with Crippen LogP contribution in [0.1, 0.15) is 39.2 Å². The lowest BCUT2D eigenvalue weighted by molar-refractivity contribution is -0.114. The molecule has 0 aliphatic carbocycles. The van der Waals surface area contributed by atoms with Crippen LogP contribution in [0.2, 0.25) is 0 Å². The van der Waals surface area contributed by atoms with E-state index in [1.807, 2.05) is 18.2 Å². The Kier molecular flexibility index (Phi) is 12.0. The van der Waals surface area contributed by atoms with Gasteiger partial charge < -0.3 is 20.7 Å². The van der Waals surface area contributed by atoms with Gasteiger partial charge in [-0.1, -0.05) is 32.8 Å². The molecule has 0 aliphatic rings. The molecule has 1 amide bonds. The van der Waals surface area contributed by atoms with Crippen molar-refractivity contribution in [3.05, 3.63) is 23.8 Å². The van der Waals surface area contributed by atoms with Crippen LogP contribution >= 0.6 is 24.0 Å². The Labute approximate surface area is 168 Å². The molecule has 0 saturated carbocycles. The number of anilines is 1. The van der Waals surface area contributed by atoms with E-state index in [0.29, 0.717) is 23.9 Å². The zero-order valence-corrected chi connectivity index (χ0v) is 18.1. The SMILES string of the molecule is CCC(CC)CNC(=NC)NCc1ccc(OC)c(NC(C)=O)c1.I. The molecule has 142 valence electrons. The van der Waals surface area contributed by atoms with Crippen molar-refractivity contribution >= 4 is 41.5 Å². The smallest absolute Gasteiger partial charge is 0.221 e. The summed E-state index contributed by atoms with van der Waals surface area (Å²) in [7, 11) is 3.35. The number of aliphatic imine (C=N–C) groups is 1. The van der Waals surface area contributed by atoms with Gasteiger partial charge in [0.1, 0.15) is 5.75 Å². The number of methoxy groups -OCH3 is 1. The predicted molar refractivity (Wildman–Crippen MR) is 115 cm³/mol. The molecule has 0 bridgehead atoms. The molecule has 0 atom stereocenters. The number of benzene rings is 1. The van der Waals surface area contributed by atoms with E-state index in [1.165, 1.54) is 6.92 Å². The fourth-order valence-electron chi connectivity index (χ4n) is 2.38. The second kappa shape index (κ2) is 12.8. The molecule has 0 unspecified atom stereocenters. The van der Waals surface area contributed by atoms with Gasteiger partial charge in [0.25, 0.3) is 0 Å². The molecule has 25 heavy (non-hydrogen) atoms. The number of carbonyl (C=O) groups excluding carboxylic acids is 1. The summed E-state index contributed by atoms with van der Waals surface area (Å²) < 4.78 is 5.27. The summed E-state index contributed by atoms with van der Waals surface area (Å²) in [4.78, 5) is 15.5. The largest absolute Gasteiger partial charge is 0.495 e. The molecule has 0 heterocycles. The van der Waals surface area contributed by atoms with Gasteiger partial charge in [-0.3, -0.25) is 9.79 Å². The summed E-state index contributed by atoms with van der Waals surface area (Å²) in [6, 6.07) is 5.72. The zero-order valence-electron chi connectivity index (χ0n) is 15.8. The van der Waals surface area contributed by atoms with Crippen LogP contribution in [-0.4, -0.2) is 32.6 Å². The molecule has 6 nitrogen and oxygen atoms in total. The molecule has 0 aliphatic heterocycles. The van der Waals surface area contributed by atoms with Crippen LogP contribution in [0.3, 0.4) is 0 Å². The second-order valence-corrected chi connectivity index (χ2v) is 5.71. The van der Waals surface area contributed by atoms with Crippen molar-refractivity contribution in [3.8, 4) is 5.75 Å². The van der Waals surface area contributed by atoms with Gasteiger partial charge in [-0.05, 0) is 23.6 Å². The highest BCUT2D eigenvalue weighted by molar-refractivity contribution is 14.0. The van der Waals surface area contributed by atoms with Crippen molar-refractivity contribution in [1.29, 1.82) is 0 Å². The van der Waals surface area contributed by atoms with E-state index in [9.17, 15) is 4.79 Å². The Bertz CT molecular complexity index is 560. The Morgan fingerprint density at radius 2 is 1.92 bits per heavy atom. The molecule has 1 aromatic carbocycles. The first kappa shape index (κ1) is 23.5. The lowest BCUT2D eigenvalue weighted by Gasteiger charge is -2.17. The summed E-state index contributed by atoms with van der Waals surface area (Å²) in [6.45, 7) is 7.40. The lowest BCUT2D eigenvalue weighted by atomic mass is 10.0. The number of hydrogen-bond acceptors (Lipinski definition) is 3. The third kappa shape index (κ3) is 8.42. The maximum atomic E-state index is 11.3. The van der Waals surface area contributed by atoms with E-state index in [4.69, 9.17) is 4.74 Å². The van der Waals surface area contributed by atoms with Crippen LogP contribution in [-0.2, 0) is 11.3 Å². The number of nitrogens with one attached hydrogen (secondary N) is 3. The number of hydrogen-bond donors (Lipinski definition) is 3. The molecule has 1 aromatic rings. The van der Waals surface area contributed by atoms with E-state index in [1.54, 1.807) is 14.2 Å². The Morgan fingerprint density at radius 1 is 1.24 bits per heavy atom. The topological polar surface area (TPSA) is 74.8 Å². The van der Waals surface area contributed by atoms with Gasteiger partial charge in [0.2, 0.25) is 5.91 Å². The third-order valence-electron chi connectivity index (χ3n) is 3.97. The Hall–Kier alpha value is -1.51. The number of rotatable bonds is 8. The number of halogens is 1. The summed E-state index contributed by atoms with van der Waals surface area (Å²) in [5.41, 5.74) is 1.70. The lowest BCUT2D eigenvalue weighted by Crippen LogP contribution is -2.39. The number of guanidine groups is 1. The maximum Gasteiger partial charge on any atom is 0.221 e. The van der Waals surface area contributed by atoms with Gasteiger partial charge in [0.05, 0.1) is 12.8 Å². The van der Waals surface area contributed by atoms with Crippen molar-refractivity contribution in [2.45, 2.75) is 40.2 Å². The monoisotopic (exact) mass is 462 g/mol. The summed E-state index contributed by atoms with van der Waals surface area (Å²) in [5.74, 6) is 1.95. The average molecular weight is 462 g/mol. The van der Waals surface area contributed by atoms with Gasteiger partial charge in [-0.2, -0.15) is 0 Å². The highest BCUT2D eigenvalue weighted by atomic mass is 127. The Balaban J connectivity index is 0.00000576. The fourth-order valence-corrected chi connectivity index (χ4v) is 2.38. The molecule has 0 saturated heterocycles. The van der Waals surface area contributed by atoms with Crippen LogP contribution in [0.15, 0.2) is 23.2 Å².